The first kappa shape index (κ1) is 15.1. The number of hydrogen-bond acceptors (Lipinski definition) is 4. The molecule has 3 aromatic rings. The highest BCUT2D eigenvalue weighted by Gasteiger charge is 2.21. The minimum Gasteiger partial charge on any atom is -0.357 e. The largest absolute Gasteiger partial charge is 0.357 e. The number of rotatable bonds is 3. The second-order valence-electron chi connectivity index (χ2n) is 6.22. The van der Waals surface area contributed by atoms with Gasteiger partial charge in [0.2, 0.25) is 0 Å². The number of aryl methyl sites for hydroxylation is 1. The Morgan fingerprint density at radius 3 is 2.54 bits per heavy atom. The Morgan fingerprint density at radius 1 is 1.04 bits per heavy atom. The second kappa shape index (κ2) is 6.20. The highest BCUT2D eigenvalue weighted by atomic mass is 19.1. The molecule has 0 unspecified atom stereocenters. The summed E-state index contributed by atoms with van der Waals surface area (Å²) >= 11 is 0. The number of aromatic amines is 1. The number of hydrogen-bond donors (Lipinski definition) is 1. The average molecular weight is 325 g/mol. The summed E-state index contributed by atoms with van der Waals surface area (Å²) in [6.07, 6.45) is 1.91. The highest BCUT2D eigenvalue weighted by molar-refractivity contribution is 5.86. The number of H-pyrrole nitrogens is 1. The molecule has 0 saturated carbocycles. The lowest BCUT2D eigenvalue weighted by Gasteiger charge is -2.35. The first-order valence-corrected chi connectivity index (χ1v) is 8.22. The second-order valence-corrected chi connectivity index (χ2v) is 6.22. The third-order valence-corrected chi connectivity index (χ3v) is 4.49. The Balaban J connectivity index is 1.45. The topological polar surface area (TPSA) is 48.1 Å². The first-order valence-electron chi connectivity index (χ1n) is 8.22. The van der Waals surface area contributed by atoms with Crippen LogP contribution in [0.15, 0.2) is 36.5 Å². The van der Waals surface area contributed by atoms with Gasteiger partial charge in [-0.15, -0.1) is 0 Å². The molecule has 5 nitrogen and oxygen atoms in total. The molecular weight excluding hydrogens is 305 g/mol. The van der Waals surface area contributed by atoms with Crippen molar-refractivity contribution in [2.75, 3.05) is 31.1 Å². The Hall–Kier alpha value is -2.47. The third kappa shape index (κ3) is 2.97. The molecule has 0 aliphatic carbocycles. The van der Waals surface area contributed by atoms with Gasteiger partial charge in [-0.05, 0) is 30.7 Å². The fraction of sp³-hybridized carbons (Fsp3) is 0.333. The lowest BCUT2D eigenvalue weighted by molar-refractivity contribution is 0.249. The minimum atomic E-state index is -0.183. The van der Waals surface area contributed by atoms with E-state index < -0.39 is 0 Å². The predicted molar refractivity (Wildman–Crippen MR) is 92.5 cm³/mol. The van der Waals surface area contributed by atoms with E-state index in [4.69, 9.17) is 0 Å². The van der Waals surface area contributed by atoms with Crippen molar-refractivity contribution in [2.24, 2.45) is 0 Å². The number of anilines is 1. The van der Waals surface area contributed by atoms with Gasteiger partial charge in [-0.3, -0.25) is 4.90 Å². The number of nitrogens with one attached hydrogen (secondary N) is 1. The van der Waals surface area contributed by atoms with Gasteiger partial charge in [0.25, 0.3) is 0 Å². The number of benzene rings is 1. The van der Waals surface area contributed by atoms with Gasteiger partial charge in [-0.2, -0.15) is 0 Å². The van der Waals surface area contributed by atoms with Gasteiger partial charge in [0, 0.05) is 38.9 Å². The molecular formula is C18H20FN5. The minimum absolute atomic E-state index is 0.183. The Bertz CT molecular complexity index is 834. The van der Waals surface area contributed by atoms with Crippen molar-refractivity contribution < 1.29 is 4.39 Å². The van der Waals surface area contributed by atoms with Crippen LogP contribution >= 0.6 is 0 Å². The maximum absolute atomic E-state index is 13.0. The van der Waals surface area contributed by atoms with E-state index in [1.165, 1.54) is 12.1 Å². The summed E-state index contributed by atoms with van der Waals surface area (Å²) in [5.74, 6) is 1.60. The van der Waals surface area contributed by atoms with Crippen LogP contribution in [0, 0.1) is 12.7 Å². The van der Waals surface area contributed by atoms with Gasteiger partial charge in [0.15, 0.2) is 5.82 Å². The molecule has 0 spiro atoms. The number of halogens is 1. The van der Waals surface area contributed by atoms with Crippen molar-refractivity contribution in [3.05, 3.63) is 53.7 Å². The van der Waals surface area contributed by atoms with Crippen LogP contribution in [0.1, 0.15) is 11.4 Å². The molecule has 2 aromatic heterocycles. The van der Waals surface area contributed by atoms with Crippen LogP contribution in [-0.4, -0.2) is 46.0 Å². The summed E-state index contributed by atoms with van der Waals surface area (Å²) in [6.45, 7) is 6.55. The van der Waals surface area contributed by atoms with Crippen molar-refractivity contribution in [1.82, 2.24) is 19.9 Å². The zero-order chi connectivity index (χ0) is 16.5. The monoisotopic (exact) mass is 325 g/mol. The molecule has 124 valence electrons. The third-order valence-electron chi connectivity index (χ3n) is 4.49. The molecule has 0 amide bonds. The highest BCUT2D eigenvalue weighted by Crippen LogP contribution is 2.23. The number of nitrogens with zero attached hydrogens (tertiary/aromatic N) is 4. The fourth-order valence-electron chi connectivity index (χ4n) is 3.24. The van der Waals surface area contributed by atoms with Gasteiger partial charge in [-0.25, -0.2) is 14.4 Å². The Labute approximate surface area is 140 Å². The molecule has 0 atom stereocenters. The van der Waals surface area contributed by atoms with E-state index in [0.717, 1.165) is 61.0 Å². The van der Waals surface area contributed by atoms with Gasteiger partial charge in [0.05, 0.1) is 5.52 Å². The van der Waals surface area contributed by atoms with E-state index in [1.807, 2.05) is 31.3 Å². The molecule has 0 bridgehead atoms. The van der Waals surface area contributed by atoms with E-state index in [2.05, 4.69) is 24.8 Å². The van der Waals surface area contributed by atoms with Gasteiger partial charge in [0.1, 0.15) is 17.2 Å². The zero-order valence-corrected chi connectivity index (χ0v) is 13.7. The van der Waals surface area contributed by atoms with E-state index in [0.29, 0.717) is 0 Å². The smallest absolute Gasteiger partial charge is 0.156 e. The molecule has 1 N–H and O–H groups in total. The molecule has 24 heavy (non-hydrogen) atoms. The maximum Gasteiger partial charge on any atom is 0.156 e. The average Bonchev–Trinajstić information content (AvgIpc) is 3.05. The van der Waals surface area contributed by atoms with Crippen LogP contribution in [0.4, 0.5) is 10.2 Å². The van der Waals surface area contributed by atoms with Gasteiger partial charge >= 0.3 is 0 Å². The summed E-state index contributed by atoms with van der Waals surface area (Å²) in [7, 11) is 0. The zero-order valence-electron chi connectivity index (χ0n) is 13.7. The number of piperazine rings is 1. The molecule has 1 aromatic carbocycles. The molecule has 6 heteroatoms. The SMILES string of the molecule is Cc1nc(N2CCN(Cc3ccc(F)cc3)CC2)c2[nH]ccc2n1. The van der Waals surface area contributed by atoms with Crippen LogP contribution in [-0.2, 0) is 6.54 Å². The van der Waals surface area contributed by atoms with Crippen LogP contribution in [0.5, 0.6) is 0 Å². The summed E-state index contributed by atoms with van der Waals surface area (Å²) in [5.41, 5.74) is 3.12. The predicted octanol–water partition coefficient (Wildman–Crippen LogP) is 2.73. The van der Waals surface area contributed by atoms with Crippen molar-refractivity contribution in [2.45, 2.75) is 13.5 Å². The maximum atomic E-state index is 13.0. The van der Waals surface area contributed by atoms with E-state index in [1.54, 1.807) is 0 Å². The summed E-state index contributed by atoms with van der Waals surface area (Å²) < 4.78 is 13.0. The van der Waals surface area contributed by atoms with E-state index in [9.17, 15) is 4.39 Å². The van der Waals surface area contributed by atoms with E-state index in [-0.39, 0.29) is 5.82 Å². The first-order chi connectivity index (χ1) is 11.7. The standard InChI is InChI=1S/C18H20FN5/c1-13-21-16-6-7-20-17(16)18(22-13)24-10-8-23(9-11-24)12-14-2-4-15(19)5-3-14/h2-7,20H,8-12H2,1H3. The van der Waals surface area contributed by atoms with Crippen molar-refractivity contribution in [3.8, 4) is 0 Å². The van der Waals surface area contributed by atoms with Gasteiger partial charge in [-0.1, -0.05) is 12.1 Å². The molecule has 0 radical (unpaired) electrons. The van der Waals surface area contributed by atoms with E-state index >= 15 is 0 Å². The summed E-state index contributed by atoms with van der Waals surface area (Å²) in [4.78, 5) is 17.1. The van der Waals surface area contributed by atoms with Crippen molar-refractivity contribution >= 4 is 16.9 Å². The quantitative estimate of drug-likeness (QED) is 0.804. The molecule has 1 fully saturated rings. The van der Waals surface area contributed by atoms with Gasteiger partial charge < -0.3 is 9.88 Å². The lowest BCUT2D eigenvalue weighted by atomic mass is 10.2. The summed E-state index contributed by atoms with van der Waals surface area (Å²) in [6, 6.07) is 8.75. The molecule has 3 heterocycles. The van der Waals surface area contributed by atoms with Crippen LogP contribution in [0.25, 0.3) is 11.0 Å². The fourth-order valence-corrected chi connectivity index (χ4v) is 3.24. The van der Waals surface area contributed by atoms with Crippen molar-refractivity contribution in [3.63, 3.8) is 0 Å². The number of aromatic nitrogens is 3. The van der Waals surface area contributed by atoms with Crippen molar-refractivity contribution in [1.29, 1.82) is 0 Å². The normalized spacial score (nSPS) is 16.0. The molecule has 1 saturated heterocycles. The van der Waals surface area contributed by atoms with Crippen LogP contribution < -0.4 is 4.90 Å². The molecule has 1 aliphatic heterocycles. The molecule has 4 rings (SSSR count). The Kier molecular flexibility index (Phi) is 3.90. The molecule has 1 aliphatic rings. The lowest BCUT2D eigenvalue weighted by Crippen LogP contribution is -2.46. The number of fused-ring (bicyclic) bond motifs is 1. The Morgan fingerprint density at radius 2 is 1.79 bits per heavy atom. The van der Waals surface area contributed by atoms with Crippen LogP contribution in [0.3, 0.4) is 0 Å². The summed E-state index contributed by atoms with van der Waals surface area (Å²) in [5, 5.41) is 0. The van der Waals surface area contributed by atoms with Crippen LogP contribution in [0.2, 0.25) is 0 Å².